The van der Waals surface area contributed by atoms with Crippen molar-refractivity contribution < 1.29 is 14.3 Å². The number of benzene rings is 1. The Bertz CT molecular complexity index is 1320. The molecule has 32 heavy (non-hydrogen) atoms. The molecule has 0 aliphatic carbocycles. The molecule has 1 amide bonds. The molecule has 3 heterocycles. The fraction of sp³-hybridized carbons (Fsp3) is 0.261. The number of nitrogens with zero attached hydrogens (tertiary/aromatic N) is 5. The Hall–Kier alpha value is -4.01. The second-order valence-corrected chi connectivity index (χ2v) is 7.47. The Morgan fingerprint density at radius 2 is 2.00 bits per heavy atom. The zero-order valence-electron chi connectivity index (χ0n) is 18.4. The number of carbonyl (C=O) groups is 2. The maximum absolute atomic E-state index is 12.8. The van der Waals surface area contributed by atoms with Crippen LogP contribution in [0.15, 0.2) is 42.7 Å². The van der Waals surface area contributed by atoms with Gasteiger partial charge in [-0.15, -0.1) is 0 Å². The molecule has 0 spiro atoms. The van der Waals surface area contributed by atoms with E-state index in [4.69, 9.17) is 4.74 Å². The van der Waals surface area contributed by atoms with Gasteiger partial charge in [0.05, 0.1) is 18.5 Å². The third-order valence-electron chi connectivity index (χ3n) is 5.12. The van der Waals surface area contributed by atoms with Crippen molar-refractivity contribution in [3.63, 3.8) is 0 Å². The monoisotopic (exact) mass is 432 g/mol. The Balaban J connectivity index is 1.64. The predicted octanol–water partition coefficient (Wildman–Crippen LogP) is 3.26. The van der Waals surface area contributed by atoms with E-state index in [1.807, 2.05) is 38.1 Å². The summed E-state index contributed by atoms with van der Waals surface area (Å²) in [5, 5.41) is 12.3. The van der Waals surface area contributed by atoms with Gasteiger partial charge in [-0.05, 0) is 38.0 Å². The van der Waals surface area contributed by atoms with Crippen LogP contribution in [0.4, 0.5) is 5.82 Å². The van der Waals surface area contributed by atoms with Gasteiger partial charge in [-0.3, -0.25) is 9.48 Å². The number of carbonyl (C=O) groups excluding carboxylic acids is 2. The normalized spacial score (nSPS) is 11.0. The third kappa shape index (κ3) is 3.96. The molecule has 1 N–H and O–H groups in total. The van der Waals surface area contributed by atoms with Gasteiger partial charge in [0.25, 0.3) is 0 Å². The molecule has 1 aromatic carbocycles. The summed E-state index contributed by atoms with van der Waals surface area (Å²) in [7, 11) is 1.64. The van der Waals surface area contributed by atoms with Crippen molar-refractivity contribution in [1.29, 1.82) is 0 Å². The number of aryl methyl sites for hydroxylation is 3. The van der Waals surface area contributed by atoms with E-state index in [0.29, 0.717) is 5.65 Å². The maximum atomic E-state index is 12.8. The maximum Gasteiger partial charge on any atom is 0.343 e. The molecule has 4 rings (SSSR count). The number of nitrogens with one attached hydrogen (secondary N) is 1. The quantitative estimate of drug-likeness (QED) is 0.469. The minimum Gasteiger partial charge on any atom is -0.462 e. The smallest absolute Gasteiger partial charge is 0.343 e. The first-order valence-corrected chi connectivity index (χ1v) is 10.3. The summed E-state index contributed by atoms with van der Waals surface area (Å²) in [5.41, 5.74) is 4.84. The molecule has 0 aliphatic heterocycles. The van der Waals surface area contributed by atoms with Crippen LogP contribution in [0.1, 0.15) is 28.5 Å². The van der Waals surface area contributed by atoms with Crippen LogP contribution in [0.2, 0.25) is 0 Å². The van der Waals surface area contributed by atoms with Crippen molar-refractivity contribution in [3.8, 4) is 11.1 Å². The van der Waals surface area contributed by atoms with Crippen LogP contribution >= 0.6 is 0 Å². The number of rotatable bonds is 6. The first-order valence-electron chi connectivity index (χ1n) is 10.3. The lowest BCUT2D eigenvalue weighted by Gasteiger charge is -2.09. The highest BCUT2D eigenvalue weighted by Crippen LogP contribution is 2.30. The Labute approximate surface area is 185 Å². The van der Waals surface area contributed by atoms with E-state index < -0.39 is 5.97 Å². The van der Waals surface area contributed by atoms with Crippen molar-refractivity contribution in [2.24, 2.45) is 7.05 Å². The largest absolute Gasteiger partial charge is 0.462 e. The zero-order chi connectivity index (χ0) is 22.8. The highest BCUT2D eigenvalue weighted by atomic mass is 16.5. The number of anilines is 1. The summed E-state index contributed by atoms with van der Waals surface area (Å²) in [4.78, 5) is 29.4. The topological polar surface area (TPSA) is 104 Å². The number of fused-ring (bicyclic) bond motifs is 1. The van der Waals surface area contributed by atoms with Gasteiger partial charge in [-0.25, -0.2) is 14.5 Å². The molecular formula is C23H24N6O3. The van der Waals surface area contributed by atoms with Gasteiger partial charge in [0, 0.05) is 18.6 Å². The minimum absolute atomic E-state index is 0.0674. The molecule has 3 aromatic heterocycles. The van der Waals surface area contributed by atoms with Crippen molar-refractivity contribution in [2.45, 2.75) is 27.3 Å². The highest BCUT2D eigenvalue weighted by Gasteiger charge is 2.21. The SMILES string of the molecule is CCOC(=O)c1cnn(C)c1NC(=O)Cn1nc(C)c2c(-c3cccc(C)c3)ccnc21. The fourth-order valence-corrected chi connectivity index (χ4v) is 3.70. The van der Waals surface area contributed by atoms with Crippen LogP contribution in [-0.2, 0) is 23.1 Å². The van der Waals surface area contributed by atoms with E-state index in [1.54, 1.807) is 24.9 Å². The van der Waals surface area contributed by atoms with E-state index in [2.05, 4.69) is 26.6 Å². The van der Waals surface area contributed by atoms with E-state index in [-0.39, 0.29) is 30.4 Å². The molecule has 164 valence electrons. The van der Waals surface area contributed by atoms with Gasteiger partial charge >= 0.3 is 5.97 Å². The molecule has 4 aromatic rings. The molecule has 9 heteroatoms. The highest BCUT2D eigenvalue weighted by molar-refractivity contribution is 6.00. The number of aromatic nitrogens is 5. The van der Waals surface area contributed by atoms with Crippen LogP contribution in [0.25, 0.3) is 22.2 Å². The lowest BCUT2D eigenvalue weighted by atomic mass is 10.0. The summed E-state index contributed by atoms with van der Waals surface area (Å²) in [6.07, 6.45) is 3.09. The Morgan fingerprint density at radius 1 is 1.19 bits per heavy atom. The molecule has 0 saturated carbocycles. The van der Waals surface area contributed by atoms with Crippen LogP contribution in [0.3, 0.4) is 0 Å². The minimum atomic E-state index is -0.541. The molecule has 0 atom stereocenters. The van der Waals surface area contributed by atoms with Gasteiger partial charge in [-0.2, -0.15) is 10.2 Å². The Morgan fingerprint density at radius 3 is 2.75 bits per heavy atom. The number of esters is 1. The van der Waals surface area contributed by atoms with Gasteiger partial charge < -0.3 is 10.1 Å². The first kappa shape index (κ1) is 21.2. The fourth-order valence-electron chi connectivity index (χ4n) is 3.70. The Kier molecular flexibility index (Phi) is 5.72. The summed E-state index contributed by atoms with van der Waals surface area (Å²) in [6, 6.07) is 10.2. The molecule has 0 bridgehead atoms. The van der Waals surface area contributed by atoms with Crippen molar-refractivity contribution >= 4 is 28.7 Å². The second kappa shape index (κ2) is 8.62. The summed E-state index contributed by atoms with van der Waals surface area (Å²) < 4.78 is 8.03. The van der Waals surface area contributed by atoms with Crippen molar-refractivity contribution in [1.82, 2.24) is 24.5 Å². The van der Waals surface area contributed by atoms with Crippen LogP contribution < -0.4 is 5.32 Å². The van der Waals surface area contributed by atoms with Crippen LogP contribution in [0.5, 0.6) is 0 Å². The average molecular weight is 432 g/mol. The second-order valence-electron chi connectivity index (χ2n) is 7.47. The van der Waals surface area contributed by atoms with Crippen molar-refractivity contribution in [2.75, 3.05) is 11.9 Å². The van der Waals surface area contributed by atoms with E-state index in [1.165, 1.54) is 10.9 Å². The number of hydrogen-bond acceptors (Lipinski definition) is 6. The molecule has 0 aliphatic rings. The molecule has 0 unspecified atom stereocenters. The molecule has 0 radical (unpaired) electrons. The number of amides is 1. The van der Waals surface area contributed by atoms with Gasteiger partial charge in [0.1, 0.15) is 17.9 Å². The zero-order valence-corrected chi connectivity index (χ0v) is 18.4. The third-order valence-corrected chi connectivity index (χ3v) is 5.12. The molecule has 9 nitrogen and oxygen atoms in total. The molecule has 0 fully saturated rings. The lowest BCUT2D eigenvalue weighted by Crippen LogP contribution is -2.22. The summed E-state index contributed by atoms with van der Waals surface area (Å²) in [6.45, 7) is 5.83. The van der Waals surface area contributed by atoms with Gasteiger partial charge in [-0.1, -0.05) is 29.8 Å². The van der Waals surface area contributed by atoms with E-state index in [0.717, 1.165) is 27.8 Å². The van der Waals surface area contributed by atoms with Gasteiger partial charge in [0.2, 0.25) is 5.91 Å². The molecular weight excluding hydrogens is 408 g/mol. The predicted molar refractivity (Wildman–Crippen MR) is 120 cm³/mol. The molecule has 0 saturated heterocycles. The number of ether oxygens (including phenoxy) is 1. The van der Waals surface area contributed by atoms with Crippen LogP contribution in [0, 0.1) is 13.8 Å². The average Bonchev–Trinajstić information content (AvgIpc) is 3.28. The van der Waals surface area contributed by atoms with E-state index in [9.17, 15) is 9.59 Å². The van der Waals surface area contributed by atoms with Crippen molar-refractivity contribution in [3.05, 3.63) is 59.5 Å². The lowest BCUT2D eigenvalue weighted by molar-refractivity contribution is -0.116. The number of hydrogen-bond donors (Lipinski definition) is 1. The first-order chi connectivity index (χ1) is 15.4. The standard InChI is InChI=1S/C23H24N6O3/c1-5-32-23(31)18-12-25-28(4)21(18)26-19(30)13-29-22-20(15(3)27-29)17(9-10-24-22)16-8-6-7-14(2)11-16/h6-12H,5,13H2,1-4H3,(H,26,30). The van der Waals surface area contributed by atoms with Gasteiger partial charge in [0.15, 0.2) is 5.65 Å². The number of pyridine rings is 1. The summed E-state index contributed by atoms with van der Waals surface area (Å²) >= 11 is 0. The summed E-state index contributed by atoms with van der Waals surface area (Å²) in [5.74, 6) is -0.623. The van der Waals surface area contributed by atoms with E-state index >= 15 is 0 Å². The van der Waals surface area contributed by atoms with Crippen LogP contribution in [-0.4, -0.2) is 43.0 Å².